The van der Waals surface area contributed by atoms with E-state index < -0.39 is 5.97 Å². The van der Waals surface area contributed by atoms with E-state index in [1.807, 2.05) is 31.2 Å². The van der Waals surface area contributed by atoms with E-state index in [4.69, 9.17) is 4.74 Å². The number of carbonyl (C=O) groups is 2. The van der Waals surface area contributed by atoms with Crippen LogP contribution in [0.25, 0.3) is 10.2 Å². The molecule has 0 fully saturated rings. The van der Waals surface area contributed by atoms with Gasteiger partial charge in [-0.25, -0.2) is 4.98 Å². The van der Waals surface area contributed by atoms with Gasteiger partial charge in [-0.15, -0.1) is 11.3 Å². The number of ether oxygens (including phenoxy) is 1. The summed E-state index contributed by atoms with van der Waals surface area (Å²) < 4.78 is 7.30. The minimum atomic E-state index is -0.641. The molecular formula is C19H19N3O4S. The van der Waals surface area contributed by atoms with Crippen LogP contribution in [-0.2, 0) is 20.9 Å². The van der Waals surface area contributed by atoms with Crippen LogP contribution >= 0.6 is 11.3 Å². The summed E-state index contributed by atoms with van der Waals surface area (Å²) in [6, 6.07) is 12.1. The zero-order valence-electron chi connectivity index (χ0n) is 15.0. The first-order chi connectivity index (χ1) is 13.0. The van der Waals surface area contributed by atoms with E-state index in [0.29, 0.717) is 0 Å². The van der Waals surface area contributed by atoms with Crippen LogP contribution in [0.4, 0.5) is 0 Å². The van der Waals surface area contributed by atoms with Crippen molar-refractivity contribution in [2.45, 2.75) is 19.5 Å². The molecule has 27 heavy (non-hydrogen) atoms. The molecule has 3 aromatic rings. The SMILES string of the molecule is C[C@@H](c1nc2ccccc2s1)N(C)C(=O)COC(=O)Cn1ccccc1=O. The van der Waals surface area contributed by atoms with Gasteiger partial charge in [0.25, 0.3) is 11.5 Å². The van der Waals surface area contributed by atoms with E-state index in [-0.39, 0.29) is 30.7 Å². The number of rotatable bonds is 6. The molecule has 1 atom stereocenters. The molecule has 140 valence electrons. The summed E-state index contributed by atoms with van der Waals surface area (Å²) in [5.41, 5.74) is 0.590. The number of para-hydroxylation sites is 1. The monoisotopic (exact) mass is 385 g/mol. The highest BCUT2D eigenvalue weighted by Crippen LogP contribution is 2.28. The summed E-state index contributed by atoms with van der Waals surface area (Å²) >= 11 is 1.53. The number of benzene rings is 1. The van der Waals surface area contributed by atoms with E-state index in [0.717, 1.165) is 15.2 Å². The Kier molecular flexibility index (Phi) is 5.66. The Morgan fingerprint density at radius 1 is 1.22 bits per heavy atom. The third-order valence-electron chi connectivity index (χ3n) is 4.20. The second-order valence-corrected chi connectivity index (χ2v) is 7.09. The number of nitrogens with zero attached hydrogens (tertiary/aromatic N) is 3. The highest BCUT2D eigenvalue weighted by molar-refractivity contribution is 7.18. The lowest BCUT2D eigenvalue weighted by atomic mass is 10.3. The molecule has 3 rings (SSSR count). The molecule has 2 aromatic heterocycles. The summed E-state index contributed by atoms with van der Waals surface area (Å²) in [5, 5.41) is 0.814. The average molecular weight is 385 g/mol. The fourth-order valence-electron chi connectivity index (χ4n) is 2.47. The largest absolute Gasteiger partial charge is 0.454 e. The van der Waals surface area contributed by atoms with Crippen molar-refractivity contribution in [1.82, 2.24) is 14.5 Å². The Bertz CT molecular complexity index is 994. The van der Waals surface area contributed by atoms with Gasteiger partial charge in [0, 0.05) is 19.3 Å². The van der Waals surface area contributed by atoms with Crippen molar-refractivity contribution >= 4 is 33.4 Å². The molecule has 0 radical (unpaired) electrons. The van der Waals surface area contributed by atoms with Gasteiger partial charge in [-0.2, -0.15) is 0 Å². The molecule has 8 heteroatoms. The van der Waals surface area contributed by atoms with Gasteiger partial charge in [-0.1, -0.05) is 18.2 Å². The Hall–Kier alpha value is -3.00. The molecule has 0 N–H and O–H groups in total. The van der Waals surface area contributed by atoms with Crippen molar-refractivity contribution in [3.05, 3.63) is 64.0 Å². The highest BCUT2D eigenvalue weighted by atomic mass is 32.1. The van der Waals surface area contributed by atoms with E-state index in [1.54, 1.807) is 19.2 Å². The van der Waals surface area contributed by atoms with Gasteiger partial charge in [0.15, 0.2) is 6.61 Å². The van der Waals surface area contributed by atoms with Gasteiger partial charge in [0.2, 0.25) is 0 Å². The molecule has 0 spiro atoms. The zero-order chi connectivity index (χ0) is 19.4. The molecular weight excluding hydrogens is 366 g/mol. The summed E-state index contributed by atoms with van der Waals surface area (Å²) in [6.45, 7) is 1.26. The van der Waals surface area contributed by atoms with Crippen LogP contribution in [0.15, 0.2) is 53.5 Å². The van der Waals surface area contributed by atoms with Gasteiger partial charge in [-0.05, 0) is 25.1 Å². The topological polar surface area (TPSA) is 81.5 Å². The number of hydrogen-bond donors (Lipinski definition) is 0. The molecule has 0 aliphatic carbocycles. The first kappa shape index (κ1) is 18.8. The molecule has 1 amide bonds. The standard InChI is InChI=1S/C19H19N3O4S/c1-13(19-20-14-7-3-4-8-15(14)27-19)21(2)17(24)12-26-18(25)11-22-10-6-5-9-16(22)23/h3-10,13H,11-12H2,1-2H3/t13-/m0/s1. The number of fused-ring (bicyclic) bond motifs is 1. The summed E-state index contributed by atoms with van der Waals surface area (Å²) in [7, 11) is 1.65. The Labute approximate surface area is 159 Å². The Morgan fingerprint density at radius 2 is 1.96 bits per heavy atom. The predicted molar refractivity (Wildman–Crippen MR) is 102 cm³/mol. The van der Waals surface area contributed by atoms with Crippen LogP contribution in [0.2, 0.25) is 0 Å². The third kappa shape index (κ3) is 4.40. The van der Waals surface area contributed by atoms with Crippen molar-refractivity contribution < 1.29 is 14.3 Å². The minimum absolute atomic E-state index is 0.232. The van der Waals surface area contributed by atoms with Gasteiger partial charge >= 0.3 is 5.97 Å². The number of likely N-dealkylation sites (N-methyl/N-ethyl adjacent to an activating group) is 1. The Morgan fingerprint density at radius 3 is 2.70 bits per heavy atom. The van der Waals surface area contributed by atoms with Crippen LogP contribution in [0.1, 0.15) is 18.0 Å². The second-order valence-electron chi connectivity index (χ2n) is 6.03. The second kappa shape index (κ2) is 8.13. The van der Waals surface area contributed by atoms with E-state index in [2.05, 4.69) is 4.98 Å². The predicted octanol–water partition coefficient (Wildman–Crippen LogP) is 2.22. The maximum absolute atomic E-state index is 12.4. The quantitative estimate of drug-likeness (QED) is 0.608. The summed E-state index contributed by atoms with van der Waals surface area (Å²) in [6.07, 6.45) is 1.49. The first-order valence-corrected chi connectivity index (χ1v) is 9.19. The minimum Gasteiger partial charge on any atom is -0.454 e. The summed E-state index contributed by atoms with van der Waals surface area (Å²) in [4.78, 5) is 41.9. The number of pyridine rings is 1. The van der Waals surface area contributed by atoms with Gasteiger partial charge < -0.3 is 14.2 Å². The zero-order valence-corrected chi connectivity index (χ0v) is 15.8. The van der Waals surface area contributed by atoms with Crippen LogP contribution < -0.4 is 5.56 Å². The van der Waals surface area contributed by atoms with Crippen molar-refractivity contribution in [3.63, 3.8) is 0 Å². The van der Waals surface area contributed by atoms with E-state index >= 15 is 0 Å². The molecule has 0 unspecified atom stereocenters. The van der Waals surface area contributed by atoms with E-state index in [9.17, 15) is 14.4 Å². The normalized spacial score (nSPS) is 11.9. The van der Waals surface area contributed by atoms with Gasteiger partial charge in [0.05, 0.1) is 16.3 Å². The number of hydrogen-bond acceptors (Lipinski definition) is 6. The maximum atomic E-state index is 12.4. The molecule has 2 heterocycles. The highest BCUT2D eigenvalue weighted by Gasteiger charge is 2.21. The molecule has 0 saturated heterocycles. The molecule has 0 aliphatic rings. The third-order valence-corrected chi connectivity index (χ3v) is 5.40. The lowest BCUT2D eigenvalue weighted by Gasteiger charge is -2.23. The molecule has 1 aromatic carbocycles. The fourth-order valence-corrected chi connectivity index (χ4v) is 3.53. The maximum Gasteiger partial charge on any atom is 0.326 e. The van der Waals surface area contributed by atoms with Gasteiger partial charge in [0.1, 0.15) is 11.6 Å². The van der Waals surface area contributed by atoms with Gasteiger partial charge in [-0.3, -0.25) is 14.4 Å². The average Bonchev–Trinajstić information content (AvgIpc) is 3.11. The van der Waals surface area contributed by atoms with Crippen molar-refractivity contribution in [1.29, 1.82) is 0 Å². The molecule has 0 saturated carbocycles. The number of thiazole rings is 1. The number of aromatic nitrogens is 2. The first-order valence-electron chi connectivity index (χ1n) is 8.38. The lowest BCUT2D eigenvalue weighted by molar-refractivity contribution is -0.152. The van der Waals surface area contributed by atoms with Crippen molar-refractivity contribution in [3.8, 4) is 0 Å². The van der Waals surface area contributed by atoms with E-state index in [1.165, 1.54) is 33.1 Å². The molecule has 0 bridgehead atoms. The van der Waals surface area contributed by atoms with Crippen molar-refractivity contribution in [2.24, 2.45) is 0 Å². The molecule has 0 aliphatic heterocycles. The summed E-state index contributed by atoms with van der Waals surface area (Å²) in [5.74, 6) is -0.979. The Balaban J connectivity index is 1.57. The van der Waals surface area contributed by atoms with Crippen molar-refractivity contribution in [2.75, 3.05) is 13.7 Å². The number of carbonyl (C=O) groups excluding carboxylic acids is 2. The fraction of sp³-hybridized carbons (Fsp3) is 0.263. The number of esters is 1. The number of amides is 1. The lowest BCUT2D eigenvalue weighted by Crippen LogP contribution is -2.34. The van der Waals surface area contributed by atoms with Crippen LogP contribution in [-0.4, -0.2) is 40.0 Å². The molecule has 7 nitrogen and oxygen atoms in total. The van der Waals surface area contributed by atoms with Crippen LogP contribution in [0.3, 0.4) is 0 Å². The smallest absolute Gasteiger partial charge is 0.326 e. The van der Waals surface area contributed by atoms with Crippen LogP contribution in [0.5, 0.6) is 0 Å². The van der Waals surface area contributed by atoms with Crippen LogP contribution in [0, 0.1) is 0 Å².